The van der Waals surface area contributed by atoms with Crippen molar-refractivity contribution in [3.63, 3.8) is 0 Å². The number of H-pyrrole nitrogens is 1. The number of fused-ring (bicyclic) bond motifs is 1. The van der Waals surface area contributed by atoms with Crippen molar-refractivity contribution in [2.24, 2.45) is 0 Å². The summed E-state index contributed by atoms with van der Waals surface area (Å²) in [6.07, 6.45) is -0.412. The summed E-state index contributed by atoms with van der Waals surface area (Å²) in [5, 5.41) is 10.4. The van der Waals surface area contributed by atoms with Crippen LogP contribution in [0.4, 0.5) is 9.18 Å². The Balaban J connectivity index is 1.20. The van der Waals surface area contributed by atoms with Crippen LogP contribution in [0.15, 0.2) is 45.8 Å². The monoisotopic (exact) mass is 509 g/mol. The van der Waals surface area contributed by atoms with Gasteiger partial charge in [-0.05, 0) is 47.1 Å². The maximum Gasteiger partial charge on any atom is 0.410 e. The van der Waals surface area contributed by atoms with Gasteiger partial charge in [0.25, 0.3) is 0 Å². The van der Waals surface area contributed by atoms with E-state index in [0.29, 0.717) is 48.5 Å². The number of nitrogens with zero attached hydrogens (tertiary/aromatic N) is 4. The van der Waals surface area contributed by atoms with E-state index >= 15 is 0 Å². The third-order valence-corrected chi connectivity index (χ3v) is 6.86. The summed E-state index contributed by atoms with van der Waals surface area (Å²) < 4.78 is 32.0. The first-order valence-electron chi connectivity index (χ1n) is 9.76. The van der Waals surface area contributed by atoms with E-state index in [2.05, 4.69) is 36.2 Å². The van der Waals surface area contributed by atoms with Crippen molar-refractivity contribution in [3.8, 4) is 0 Å². The Hall–Kier alpha value is -2.21. The maximum absolute atomic E-state index is 13.4. The molecule has 0 radical (unpaired) electrons. The predicted octanol–water partition coefficient (Wildman–Crippen LogP) is 2.92. The first-order valence-corrected chi connectivity index (χ1v) is 11.9. The molecule has 1 aliphatic heterocycles. The Morgan fingerprint density at radius 2 is 2.03 bits per heavy atom. The fourth-order valence-electron chi connectivity index (χ4n) is 3.38. The standard InChI is InChI=1S/C20H21BrFN5O3S/c21-15-9-14(10-16(22)11-15)13-30-20(28)27-5-3-26(4-6-27)7-8-31(29)17-1-2-18-19(12-17)24-25-23-18/h1-2,9-12H,3-8,13H2,(H,23,24,25). The third-order valence-electron chi connectivity index (χ3n) is 5.07. The molecule has 1 fully saturated rings. The Bertz CT molecular complexity index is 1040. The van der Waals surface area contributed by atoms with E-state index in [-0.39, 0.29) is 12.4 Å². The van der Waals surface area contributed by atoms with Crippen LogP contribution in [0.25, 0.3) is 11.0 Å². The van der Waals surface area contributed by atoms with E-state index in [4.69, 9.17) is 4.74 Å². The highest BCUT2D eigenvalue weighted by molar-refractivity contribution is 9.10. The van der Waals surface area contributed by atoms with Crippen LogP contribution in [0.2, 0.25) is 0 Å². The average Bonchev–Trinajstić information content (AvgIpc) is 3.23. The second-order valence-electron chi connectivity index (χ2n) is 7.20. The smallest absolute Gasteiger partial charge is 0.410 e. The summed E-state index contributed by atoms with van der Waals surface area (Å²) in [5.74, 6) is 0.124. The summed E-state index contributed by atoms with van der Waals surface area (Å²) in [6.45, 7) is 3.12. The van der Waals surface area contributed by atoms with Gasteiger partial charge in [-0.2, -0.15) is 0 Å². The summed E-state index contributed by atoms with van der Waals surface area (Å²) in [5.41, 5.74) is 2.10. The quantitative estimate of drug-likeness (QED) is 0.513. The highest BCUT2D eigenvalue weighted by Gasteiger charge is 2.23. The Labute approximate surface area is 190 Å². The van der Waals surface area contributed by atoms with Crippen LogP contribution in [-0.4, -0.2) is 74.3 Å². The minimum absolute atomic E-state index is 0.0184. The molecule has 1 amide bonds. The van der Waals surface area contributed by atoms with Crippen LogP contribution in [-0.2, 0) is 22.5 Å². The Kier molecular flexibility index (Phi) is 7.06. The van der Waals surface area contributed by atoms with Crippen molar-refractivity contribution in [2.75, 3.05) is 38.5 Å². The molecule has 0 aliphatic carbocycles. The molecule has 1 aromatic heterocycles. The highest BCUT2D eigenvalue weighted by atomic mass is 79.9. The molecule has 2 aromatic carbocycles. The summed E-state index contributed by atoms with van der Waals surface area (Å²) in [7, 11) is 0. The lowest BCUT2D eigenvalue weighted by atomic mass is 10.2. The lowest BCUT2D eigenvalue weighted by Crippen LogP contribution is -2.49. The van der Waals surface area contributed by atoms with Crippen LogP contribution < -0.4 is 0 Å². The second kappa shape index (κ2) is 9.94. The molecule has 0 saturated carbocycles. The van der Waals surface area contributed by atoms with Crippen LogP contribution in [0.1, 0.15) is 5.56 Å². The number of aromatic amines is 1. The highest BCUT2D eigenvalue weighted by Crippen LogP contribution is 2.18. The second-order valence-corrected chi connectivity index (χ2v) is 9.69. The fraction of sp³-hybridized carbons (Fsp3) is 0.350. The van der Waals surface area contributed by atoms with Crippen LogP contribution in [0, 0.1) is 5.82 Å². The number of aromatic nitrogens is 3. The molecule has 8 nitrogen and oxygen atoms in total. The van der Waals surface area contributed by atoms with E-state index in [1.807, 2.05) is 12.1 Å². The molecule has 0 bridgehead atoms. The van der Waals surface area contributed by atoms with Crippen molar-refractivity contribution in [1.29, 1.82) is 0 Å². The van der Waals surface area contributed by atoms with Crippen LogP contribution in [0.3, 0.4) is 0 Å². The number of rotatable bonds is 6. The lowest BCUT2D eigenvalue weighted by molar-refractivity contribution is 0.0729. The number of ether oxygens (including phenoxy) is 1. The van der Waals surface area contributed by atoms with E-state index in [1.54, 1.807) is 17.0 Å². The third kappa shape index (κ3) is 5.73. The molecule has 2 heterocycles. The lowest BCUT2D eigenvalue weighted by Gasteiger charge is -2.33. The molecule has 31 heavy (non-hydrogen) atoms. The molecule has 1 aliphatic rings. The topological polar surface area (TPSA) is 97.4 Å². The number of hydrogen-bond acceptors (Lipinski definition) is 6. The molecular weight excluding hydrogens is 489 g/mol. The number of carbonyl (C=O) groups excluding carboxylic acids is 1. The van der Waals surface area contributed by atoms with Gasteiger partial charge in [0, 0.05) is 43.3 Å². The molecule has 4 rings (SSSR count). The summed E-state index contributed by atoms with van der Waals surface area (Å²) in [4.78, 5) is 16.9. The van der Waals surface area contributed by atoms with Crippen LogP contribution >= 0.6 is 15.9 Å². The summed E-state index contributed by atoms with van der Waals surface area (Å²) in [6, 6.07) is 9.84. The normalized spacial score (nSPS) is 15.9. The number of carbonyl (C=O) groups is 1. The zero-order valence-electron chi connectivity index (χ0n) is 16.6. The first kappa shape index (κ1) is 22.0. The van der Waals surface area contributed by atoms with Crippen molar-refractivity contribution >= 4 is 44.2 Å². The molecule has 11 heteroatoms. The molecule has 164 valence electrons. The molecule has 3 aromatic rings. The number of benzene rings is 2. The van der Waals surface area contributed by atoms with Gasteiger partial charge in [-0.15, -0.1) is 5.10 Å². The van der Waals surface area contributed by atoms with Gasteiger partial charge in [0.1, 0.15) is 23.7 Å². The fourth-order valence-corrected chi connectivity index (χ4v) is 5.02. The number of nitrogens with one attached hydrogen (secondary N) is 1. The minimum Gasteiger partial charge on any atom is -0.611 e. The maximum atomic E-state index is 13.4. The molecule has 0 spiro atoms. The van der Waals surface area contributed by atoms with E-state index in [9.17, 15) is 13.7 Å². The molecule has 1 saturated heterocycles. The first-order chi connectivity index (χ1) is 15.0. The van der Waals surface area contributed by atoms with Crippen molar-refractivity contribution < 1.29 is 18.5 Å². The van der Waals surface area contributed by atoms with Gasteiger partial charge < -0.3 is 14.2 Å². The van der Waals surface area contributed by atoms with Gasteiger partial charge in [0.2, 0.25) is 0 Å². The minimum atomic E-state index is -1.13. The molecule has 1 unspecified atom stereocenters. The Morgan fingerprint density at radius 3 is 2.81 bits per heavy atom. The van der Waals surface area contributed by atoms with Gasteiger partial charge in [0.15, 0.2) is 4.90 Å². The Morgan fingerprint density at radius 1 is 1.23 bits per heavy atom. The van der Waals surface area contributed by atoms with Gasteiger partial charge in [-0.25, -0.2) is 9.18 Å². The van der Waals surface area contributed by atoms with Gasteiger partial charge >= 0.3 is 6.09 Å². The number of piperazine rings is 1. The van der Waals surface area contributed by atoms with E-state index in [0.717, 1.165) is 15.9 Å². The van der Waals surface area contributed by atoms with Gasteiger partial charge in [-0.3, -0.25) is 10.00 Å². The molecule has 1 atom stereocenters. The summed E-state index contributed by atoms with van der Waals surface area (Å²) >= 11 is 2.10. The van der Waals surface area contributed by atoms with Gasteiger partial charge in [-0.1, -0.05) is 21.1 Å². The number of halogens is 2. The average molecular weight is 510 g/mol. The van der Waals surface area contributed by atoms with E-state index in [1.165, 1.54) is 12.1 Å². The van der Waals surface area contributed by atoms with Crippen LogP contribution in [0.5, 0.6) is 0 Å². The number of hydrogen-bond donors (Lipinski definition) is 1. The van der Waals surface area contributed by atoms with Crippen molar-refractivity contribution in [3.05, 3.63) is 52.3 Å². The predicted molar refractivity (Wildman–Crippen MR) is 117 cm³/mol. The zero-order chi connectivity index (χ0) is 21.8. The molecular formula is C20H21BrFN5O3S. The molecule has 1 N–H and O–H groups in total. The SMILES string of the molecule is O=C(OCc1cc(F)cc(Br)c1)N1CCN(CC[S+]([O-])c2ccc3nn[nH]c3c2)CC1. The zero-order valence-corrected chi connectivity index (χ0v) is 19.0. The van der Waals surface area contributed by atoms with Gasteiger partial charge in [0.05, 0.1) is 5.52 Å². The number of amides is 1. The van der Waals surface area contributed by atoms with Crippen molar-refractivity contribution in [1.82, 2.24) is 25.2 Å². The van der Waals surface area contributed by atoms with E-state index < -0.39 is 17.3 Å². The largest absolute Gasteiger partial charge is 0.611 e. The van der Waals surface area contributed by atoms with Crippen molar-refractivity contribution in [2.45, 2.75) is 11.5 Å².